The molecule has 0 radical (unpaired) electrons. The molecule has 0 saturated heterocycles. The maximum Gasteiger partial charge on any atom is 0.234 e. The lowest BCUT2D eigenvalue weighted by atomic mass is 10.2. The van der Waals surface area contributed by atoms with E-state index in [0.29, 0.717) is 6.42 Å². The average Bonchev–Trinajstić information content (AvgIpc) is 2.45. The van der Waals surface area contributed by atoms with Crippen LogP contribution in [0.1, 0.15) is 17.9 Å². The zero-order valence-corrected chi connectivity index (χ0v) is 9.45. The normalized spacial score (nSPS) is 12.7. The van der Waals surface area contributed by atoms with Crippen LogP contribution >= 0.6 is 0 Å². The van der Waals surface area contributed by atoms with Crippen LogP contribution < -0.4 is 11.1 Å². The number of imidazole rings is 1. The number of hydrogen-bond donors (Lipinski definition) is 2. The Balaban J connectivity index is 2.56. The van der Waals surface area contributed by atoms with E-state index < -0.39 is 0 Å². The highest BCUT2D eigenvalue weighted by molar-refractivity contribution is 5.79. The van der Waals surface area contributed by atoms with Gasteiger partial charge in [-0.15, -0.1) is 0 Å². The third-order valence-corrected chi connectivity index (χ3v) is 2.45. The number of nitrogens with one attached hydrogen (secondary N) is 1. The lowest BCUT2D eigenvalue weighted by Gasteiger charge is -2.12. The Kier molecular flexibility index (Phi) is 3.85. The van der Waals surface area contributed by atoms with Crippen molar-refractivity contribution in [1.82, 2.24) is 14.9 Å². The number of aromatic nitrogens is 2. The minimum absolute atomic E-state index is 0.271. The van der Waals surface area contributed by atoms with Crippen LogP contribution in [-0.4, -0.2) is 28.5 Å². The van der Waals surface area contributed by atoms with Crippen molar-refractivity contribution in [3.05, 3.63) is 17.7 Å². The van der Waals surface area contributed by atoms with Crippen molar-refractivity contribution in [2.75, 3.05) is 7.05 Å². The summed E-state index contributed by atoms with van der Waals surface area (Å²) in [6, 6.07) is -0.271. The van der Waals surface area contributed by atoms with Crippen LogP contribution in [0.4, 0.5) is 0 Å². The first-order chi connectivity index (χ1) is 7.04. The quantitative estimate of drug-likeness (QED) is 0.716. The number of rotatable bonds is 5. The maximum absolute atomic E-state index is 11.0. The van der Waals surface area contributed by atoms with Crippen molar-refractivity contribution in [3.8, 4) is 0 Å². The van der Waals surface area contributed by atoms with Crippen LogP contribution in [0.3, 0.4) is 0 Å². The molecule has 5 heteroatoms. The van der Waals surface area contributed by atoms with Crippen LogP contribution in [0.2, 0.25) is 0 Å². The van der Waals surface area contributed by atoms with Crippen molar-refractivity contribution in [2.24, 2.45) is 5.73 Å². The number of aryl methyl sites for hydroxylation is 3. The Labute approximate surface area is 89.7 Å². The second-order valence-electron chi connectivity index (χ2n) is 3.66. The van der Waals surface area contributed by atoms with Gasteiger partial charge < -0.3 is 15.6 Å². The van der Waals surface area contributed by atoms with Crippen molar-refractivity contribution in [1.29, 1.82) is 0 Å². The molecule has 1 atom stereocenters. The van der Waals surface area contributed by atoms with Gasteiger partial charge in [-0.1, -0.05) is 0 Å². The van der Waals surface area contributed by atoms with Gasteiger partial charge in [0.2, 0.25) is 5.91 Å². The fourth-order valence-corrected chi connectivity index (χ4v) is 1.59. The highest BCUT2D eigenvalue weighted by atomic mass is 16.1. The number of carbonyl (C=O) groups excluding carboxylic acids is 1. The number of amides is 1. The number of primary amides is 1. The molecule has 0 saturated carbocycles. The summed E-state index contributed by atoms with van der Waals surface area (Å²) in [6.07, 6.45) is 2.66. The van der Waals surface area contributed by atoms with Gasteiger partial charge in [-0.3, -0.25) is 4.79 Å². The molecule has 0 aromatic carbocycles. The van der Waals surface area contributed by atoms with E-state index in [9.17, 15) is 4.79 Å². The van der Waals surface area contributed by atoms with Crippen LogP contribution in [-0.2, 0) is 11.3 Å². The van der Waals surface area contributed by atoms with E-state index in [0.717, 1.165) is 18.1 Å². The zero-order chi connectivity index (χ0) is 11.4. The molecule has 0 aliphatic rings. The first-order valence-corrected chi connectivity index (χ1v) is 5.01. The fourth-order valence-electron chi connectivity index (χ4n) is 1.59. The van der Waals surface area contributed by atoms with E-state index in [-0.39, 0.29) is 11.9 Å². The molecule has 0 bridgehead atoms. The Morgan fingerprint density at radius 3 is 2.73 bits per heavy atom. The van der Waals surface area contributed by atoms with Crippen molar-refractivity contribution in [2.45, 2.75) is 32.9 Å². The minimum atomic E-state index is -0.313. The maximum atomic E-state index is 11.0. The Morgan fingerprint density at radius 2 is 2.33 bits per heavy atom. The third kappa shape index (κ3) is 3.06. The Morgan fingerprint density at radius 1 is 1.67 bits per heavy atom. The molecule has 1 aromatic heterocycles. The van der Waals surface area contributed by atoms with E-state index in [4.69, 9.17) is 5.73 Å². The molecule has 0 fully saturated rings. The topological polar surface area (TPSA) is 72.9 Å². The van der Waals surface area contributed by atoms with Gasteiger partial charge in [0.25, 0.3) is 0 Å². The molecule has 15 heavy (non-hydrogen) atoms. The number of likely N-dealkylation sites (N-methyl/N-ethyl adjacent to an activating group) is 1. The number of nitrogens with zero attached hydrogens (tertiary/aromatic N) is 2. The van der Waals surface area contributed by atoms with Gasteiger partial charge in [-0.25, -0.2) is 4.98 Å². The zero-order valence-electron chi connectivity index (χ0n) is 9.45. The van der Waals surface area contributed by atoms with Crippen molar-refractivity contribution >= 4 is 5.91 Å². The molecule has 0 aliphatic heterocycles. The van der Waals surface area contributed by atoms with Gasteiger partial charge in [0, 0.05) is 12.7 Å². The fraction of sp³-hybridized carbons (Fsp3) is 0.600. The molecule has 1 amide bonds. The SMILES string of the molecule is CNC(CCn1cc(C)nc1C)C(N)=O. The van der Waals surface area contributed by atoms with Gasteiger partial charge in [0.1, 0.15) is 5.82 Å². The predicted octanol–water partition coefficient (Wildman–Crippen LogP) is -0.0367. The highest BCUT2D eigenvalue weighted by Crippen LogP contribution is 2.03. The van der Waals surface area contributed by atoms with Crippen molar-refractivity contribution < 1.29 is 4.79 Å². The molecule has 84 valence electrons. The molecule has 1 aromatic rings. The van der Waals surface area contributed by atoms with Crippen molar-refractivity contribution in [3.63, 3.8) is 0 Å². The second kappa shape index (κ2) is 4.93. The smallest absolute Gasteiger partial charge is 0.234 e. The van der Waals surface area contributed by atoms with E-state index in [1.165, 1.54) is 0 Å². The van der Waals surface area contributed by atoms with E-state index >= 15 is 0 Å². The van der Waals surface area contributed by atoms with Gasteiger partial charge in [0.05, 0.1) is 11.7 Å². The lowest BCUT2D eigenvalue weighted by Crippen LogP contribution is -2.39. The number of hydrogen-bond acceptors (Lipinski definition) is 3. The van der Waals surface area contributed by atoms with Crippen LogP contribution in [0.25, 0.3) is 0 Å². The summed E-state index contributed by atoms with van der Waals surface area (Å²) in [7, 11) is 1.74. The summed E-state index contributed by atoms with van der Waals surface area (Å²) in [4.78, 5) is 15.3. The summed E-state index contributed by atoms with van der Waals surface area (Å²) in [5.41, 5.74) is 6.22. The minimum Gasteiger partial charge on any atom is -0.368 e. The molecule has 3 N–H and O–H groups in total. The van der Waals surface area contributed by atoms with Crippen LogP contribution in [0.5, 0.6) is 0 Å². The second-order valence-corrected chi connectivity index (χ2v) is 3.66. The lowest BCUT2D eigenvalue weighted by molar-refractivity contribution is -0.120. The monoisotopic (exact) mass is 210 g/mol. The van der Waals surface area contributed by atoms with Crippen LogP contribution in [0.15, 0.2) is 6.20 Å². The van der Waals surface area contributed by atoms with E-state index in [2.05, 4.69) is 10.3 Å². The molecule has 5 nitrogen and oxygen atoms in total. The first-order valence-electron chi connectivity index (χ1n) is 5.01. The number of nitrogens with two attached hydrogens (primary N) is 1. The number of carbonyl (C=O) groups is 1. The molecular weight excluding hydrogens is 192 g/mol. The van der Waals surface area contributed by atoms with E-state index in [1.54, 1.807) is 7.05 Å². The standard InChI is InChI=1S/C10H18N4O/c1-7-6-14(8(2)13-7)5-4-9(12-3)10(11)15/h6,9,12H,4-5H2,1-3H3,(H2,11,15). The summed E-state index contributed by atoms with van der Waals surface area (Å²) in [5.74, 6) is 0.652. The Bertz CT molecular complexity index is 345. The van der Waals surface area contributed by atoms with Crippen LogP contribution in [0, 0.1) is 13.8 Å². The predicted molar refractivity (Wildman–Crippen MR) is 58.4 cm³/mol. The summed E-state index contributed by atoms with van der Waals surface area (Å²) < 4.78 is 2.03. The molecule has 1 heterocycles. The third-order valence-electron chi connectivity index (χ3n) is 2.45. The first kappa shape index (κ1) is 11.7. The summed E-state index contributed by atoms with van der Waals surface area (Å²) in [5, 5.41) is 2.89. The van der Waals surface area contributed by atoms with E-state index in [1.807, 2.05) is 24.6 Å². The molecular formula is C10H18N4O. The summed E-state index contributed by atoms with van der Waals surface area (Å²) >= 11 is 0. The van der Waals surface area contributed by atoms with Gasteiger partial charge in [-0.2, -0.15) is 0 Å². The molecule has 0 aliphatic carbocycles. The molecule has 1 unspecified atom stereocenters. The Hall–Kier alpha value is -1.36. The highest BCUT2D eigenvalue weighted by Gasteiger charge is 2.12. The van der Waals surface area contributed by atoms with Gasteiger partial charge >= 0.3 is 0 Å². The largest absolute Gasteiger partial charge is 0.368 e. The van der Waals surface area contributed by atoms with Gasteiger partial charge in [-0.05, 0) is 27.3 Å². The average molecular weight is 210 g/mol. The van der Waals surface area contributed by atoms with Gasteiger partial charge in [0.15, 0.2) is 0 Å². The molecule has 1 rings (SSSR count). The molecule has 0 spiro atoms. The summed E-state index contributed by atoms with van der Waals surface area (Å²) in [6.45, 7) is 4.65.